The molecule has 0 aromatic heterocycles. The molecule has 82 valence electrons. The average molecular weight is 195 g/mol. The molecule has 0 aromatic rings. The van der Waals surface area contributed by atoms with Crippen molar-refractivity contribution in [1.82, 2.24) is 5.32 Å². The van der Waals surface area contributed by atoms with Gasteiger partial charge in [0, 0.05) is 6.04 Å². The summed E-state index contributed by atoms with van der Waals surface area (Å²) in [5, 5.41) is 3.64. The summed E-state index contributed by atoms with van der Waals surface area (Å²) in [6.07, 6.45) is 8.85. The first kappa shape index (κ1) is 10.5. The Balaban J connectivity index is 1.78. The molecule has 2 aliphatic rings. The van der Waals surface area contributed by atoms with Gasteiger partial charge in [0.15, 0.2) is 0 Å². The van der Waals surface area contributed by atoms with E-state index in [-0.39, 0.29) is 0 Å². The average Bonchev–Trinajstić information content (AvgIpc) is 2.21. The van der Waals surface area contributed by atoms with E-state index in [4.69, 9.17) is 0 Å². The fourth-order valence-electron chi connectivity index (χ4n) is 3.18. The van der Waals surface area contributed by atoms with E-state index in [1.165, 1.54) is 45.1 Å². The second kappa shape index (κ2) is 4.65. The Morgan fingerprint density at radius 1 is 0.786 bits per heavy atom. The molecule has 1 aliphatic carbocycles. The topological polar surface area (TPSA) is 12.0 Å². The maximum Gasteiger partial charge on any atom is 0.00389 e. The van der Waals surface area contributed by atoms with Crippen LogP contribution in [0.3, 0.4) is 0 Å². The van der Waals surface area contributed by atoms with Crippen molar-refractivity contribution in [3.63, 3.8) is 0 Å². The second-order valence-electron chi connectivity index (χ2n) is 5.67. The number of piperidine rings is 1. The summed E-state index contributed by atoms with van der Waals surface area (Å²) < 4.78 is 0. The van der Waals surface area contributed by atoms with Crippen LogP contribution in [0.5, 0.6) is 0 Å². The third-order valence-electron chi connectivity index (χ3n) is 4.43. The van der Waals surface area contributed by atoms with Gasteiger partial charge in [0.05, 0.1) is 0 Å². The molecule has 1 N–H and O–H groups in total. The monoisotopic (exact) mass is 195 g/mol. The standard InChI is InChI=1S/C13H25N/c1-10-3-6-12(7-4-10)13-8-5-11(2)14-9-13/h10-14H,3-9H2,1-2H3. The summed E-state index contributed by atoms with van der Waals surface area (Å²) in [5.74, 6) is 3.05. The maximum atomic E-state index is 3.64. The summed E-state index contributed by atoms with van der Waals surface area (Å²) in [7, 11) is 0. The Morgan fingerprint density at radius 2 is 1.43 bits per heavy atom. The molecule has 1 saturated heterocycles. The fourth-order valence-corrected chi connectivity index (χ4v) is 3.18. The highest BCUT2D eigenvalue weighted by Crippen LogP contribution is 2.36. The van der Waals surface area contributed by atoms with Crippen LogP contribution in [-0.4, -0.2) is 12.6 Å². The SMILES string of the molecule is CC1CCC(C2CCC(C)NC2)CC1. The molecule has 2 unspecified atom stereocenters. The van der Waals surface area contributed by atoms with Crippen molar-refractivity contribution in [1.29, 1.82) is 0 Å². The van der Waals surface area contributed by atoms with Crippen LogP contribution in [0.2, 0.25) is 0 Å². The molecule has 0 aromatic carbocycles. The summed E-state index contributed by atoms with van der Waals surface area (Å²) in [5.41, 5.74) is 0. The van der Waals surface area contributed by atoms with Gasteiger partial charge in [0.1, 0.15) is 0 Å². The zero-order valence-electron chi connectivity index (χ0n) is 9.76. The van der Waals surface area contributed by atoms with Gasteiger partial charge in [-0.15, -0.1) is 0 Å². The Hall–Kier alpha value is -0.0400. The second-order valence-corrected chi connectivity index (χ2v) is 5.67. The zero-order valence-corrected chi connectivity index (χ0v) is 9.76. The molecule has 1 heteroatoms. The lowest BCUT2D eigenvalue weighted by Gasteiger charge is -2.37. The van der Waals surface area contributed by atoms with Gasteiger partial charge in [-0.1, -0.05) is 19.8 Å². The van der Waals surface area contributed by atoms with E-state index in [1.54, 1.807) is 0 Å². The minimum absolute atomic E-state index is 0.772. The molecule has 0 amide bonds. The van der Waals surface area contributed by atoms with E-state index in [0.29, 0.717) is 0 Å². The predicted octanol–water partition coefficient (Wildman–Crippen LogP) is 3.20. The van der Waals surface area contributed by atoms with Crippen molar-refractivity contribution in [2.75, 3.05) is 6.54 Å². The van der Waals surface area contributed by atoms with Gasteiger partial charge in [-0.3, -0.25) is 0 Å². The molecule has 1 heterocycles. The lowest BCUT2D eigenvalue weighted by Crippen LogP contribution is -2.40. The van der Waals surface area contributed by atoms with E-state index < -0.39 is 0 Å². The van der Waals surface area contributed by atoms with Gasteiger partial charge >= 0.3 is 0 Å². The van der Waals surface area contributed by atoms with E-state index in [0.717, 1.165) is 23.8 Å². The fraction of sp³-hybridized carbons (Fsp3) is 1.00. The Morgan fingerprint density at radius 3 is 2.00 bits per heavy atom. The van der Waals surface area contributed by atoms with Crippen LogP contribution in [0.15, 0.2) is 0 Å². The van der Waals surface area contributed by atoms with Crippen LogP contribution in [0.1, 0.15) is 52.4 Å². The first-order chi connectivity index (χ1) is 6.75. The molecular formula is C13H25N. The van der Waals surface area contributed by atoms with Gasteiger partial charge in [0.2, 0.25) is 0 Å². The van der Waals surface area contributed by atoms with Crippen LogP contribution in [0.4, 0.5) is 0 Å². The lowest BCUT2D eigenvalue weighted by molar-refractivity contribution is 0.170. The molecule has 1 saturated carbocycles. The number of hydrogen-bond acceptors (Lipinski definition) is 1. The highest BCUT2D eigenvalue weighted by molar-refractivity contribution is 4.82. The van der Waals surface area contributed by atoms with Crippen molar-refractivity contribution >= 4 is 0 Å². The van der Waals surface area contributed by atoms with Crippen molar-refractivity contribution < 1.29 is 0 Å². The number of nitrogens with one attached hydrogen (secondary N) is 1. The van der Waals surface area contributed by atoms with E-state index in [9.17, 15) is 0 Å². The van der Waals surface area contributed by atoms with Gasteiger partial charge in [-0.05, 0) is 56.9 Å². The molecule has 14 heavy (non-hydrogen) atoms. The Kier molecular flexibility index (Phi) is 3.48. The summed E-state index contributed by atoms with van der Waals surface area (Å²) in [6.45, 7) is 6.02. The largest absolute Gasteiger partial charge is 0.314 e. The first-order valence-corrected chi connectivity index (χ1v) is 6.49. The normalized spacial score (nSPS) is 45.0. The van der Waals surface area contributed by atoms with Crippen molar-refractivity contribution in [3.05, 3.63) is 0 Å². The smallest absolute Gasteiger partial charge is 0.00389 e. The molecule has 1 nitrogen and oxygen atoms in total. The van der Waals surface area contributed by atoms with Crippen LogP contribution >= 0.6 is 0 Å². The Bertz CT molecular complexity index is 142. The van der Waals surface area contributed by atoms with Crippen LogP contribution < -0.4 is 5.32 Å². The minimum atomic E-state index is 0.772. The van der Waals surface area contributed by atoms with Crippen LogP contribution in [-0.2, 0) is 0 Å². The van der Waals surface area contributed by atoms with Gasteiger partial charge in [0.25, 0.3) is 0 Å². The van der Waals surface area contributed by atoms with Crippen molar-refractivity contribution in [3.8, 4) is 0 Å². The molecule has 0 radical (unpaired) electrons. The number of hydrogen-bond donors (Lipinski definition) is 1. The van der Waals surface area contributed by atoms with E-state index in [1.807, 2.05) is 0 Å². The third kappa shape index (κ3) is 2.50. The predicted molar refractivity (Wildman–Crippen MR) is 61.3 cm³/mol. The molecule has 2 fully saturated rings. The van der Waals surface area contributed by atoms with Crippen LogP contribution in [0.25, 0.3) is 0 Å². The quantitative estimate of drug-likeness (QED) is 0.677. The third-order valence-corrected chi connectivity index (χ3v) is 4.43. The number of rotatable bonds is 1. The Labute approximate surface area is 88.7 Å². The molecular weight excluding hydrogens is 170 g/mol. The molecule has 0 bridgehead atoms. The lowest BCUT2D eigenvalue weighted by atomic mass is 9.73. The summed E-state index contributed by atoms with van der Waals surface area (Å²) in [4.78, 5) is 0. The van der Waals surface area contributed by atoms with Crippen LogP contribution in [0, 0.1) is 17.8 Å². The van der Waals surface area contributed by atoms with Crippen molar-refractivity contribution in [2.45, 2.75) is 58.4 Å². The summed E-state index contributed by atoms with van der Waals surface area (Å²) >= 11 is 0. The van der Waals surface area contributed by atoms with Gasteiger partial charge < -0.3 is 5.32 Å². The summed E-state index contributed by atoms with van der Waals surface area (Å²) in [6, 6.07) is 0.772. The van der Waals surface area contributed by atoms with E-state index >= 15 is 0 Å². The molecule has 0 spiro atoms. The zero-order chi connectivity index (χ0) is 9.97. The molecule has 1 aliphatic heterocycles. The minimum Gasteiger partial charge on any atom is -0.314 e. The molecule has 2 rings (SSSR count). The maximum absolute atomic E-state index is 3.64. The van der Waals surface area contributed by atoms with Gasteiger partial charge in [-0.2, -0.15) is 0 Å². The molecule has 2 atom stereocenters. The first-order valence-electron chi connectivity index (χ1n) is 6.49. The van der Waals surface area contributed by atoms with Crippen molar-refractivity contribution in [2.24, 2.45) is 17.8 Å². The van der Waals surface area contributed by atoms with Gasteiger partial charge in [-0.25, -0.2) is 0 Å². The highest BCUT2D eigenvalue weighted by Gasteiger charge is 2.28. The highest BCUT2D eigenvalue weighted by atomic mass is 14.9. The van der Waals surface area contributed by atoms with E-state index in [2.05, 4.69) is 19.2 Å².